The number of hydrogen-bond donors (Lipinski definition) is 1. The molecule has 1 atom stereocenters. The van der Waals surface area contributed by atoms with Crippen LogP contribution in [0.2, 0.25) is 0 Å². The Kier molecular flexibility index (Phi) is 6.11. The number of methoxy groups -OCH3 is 2. The Morgan fingerprint density at radius 2 is 1.96 bits per heavy atom. The summed E-state index contributed by atoms with van der Waals surface area (Å²) in [6, 6.07) is 14.6. The van der Waals surface area contributed by atoms with Gasteiger partial charge in [-0.05, 0) is 29.8 Å². The summed E-state index contributed by atoms with van der Waals surface area (Å²) >= 11 is 0. The molecule has 0 fully saturated rings. The second-order valence-corrected chi connectivity index (χ2v) is 6.19. The predicted molar refractivity (Wildman–Crippen MR) is 108 cm³/mol. The van der Waals surface area contributed by atoms with Crippen LogP contribution in [0, 0.1) is 0 Å². The largest absolute Gasteiger partial charge is 0.497 e. The van der Waals surface area contributed by atoms with E-state index in [1.54, 1.807) is 26.5 Å². The van der Waals surface area contributed by atoms with Gasteiger partial charge in [0.1, 0.15) is 23.4 Å². The van der Waals surface area contributed by atoms with Crippen LogP contribution in [-0.2, 0) is 11.8 Å². The molecule has 1 aromatic heterocycles. The van der Waals surface area contributed by atoms with Crippen LogP contribution < -0.4 is 14.8 Å². The van der Waals surface area contributed by atoms with Gasteiger partial charge in [0.2, 0.25) is 5.91 Å². The van der Waals surface area contributed by atoms with Gasteiger partial charge in [-0.1, -0.05) is 30.3 Å². The highest BCUT2D eigenvalue weighted by molar-refractivity contribution is 5.92. The van der Waals surface area contributed by atoms with Gasteiger partial charge in [0, 0.05) is 31.1 Å². The first-order valence-corrected chi connectivity index (χ1v) is 8.85. The predicted octanol–water partition coefficient (Wildman–Crippen LogP) is 3.36. The molecule has 3 aromatic rings. The Hall–Kier alpha value is -3.54. The molecule has 0 aliphatic carbocycles. The number of imidazole rings is 1. The number of benzene rings is 2. The number of carbonyl (C=O) groups excluding carboxylic acids is 1. The van der Waals surface area contributed by atoms with E-state index in [2.05, 4.69) is 10.3 Å². The number of amides is 1. The number of ether oxygens (including phenoxy) is 2. The second-order valence-electron chi connectivity index (χ2n) is 6.19. The van der Waals surface area contributed by atoms with Crippen molar-refractivity contribution >= 4 is 12.0 Å². The maximum Gasteiger partial charge on any atom is 0.244 e. The molecule has 0 saturated heterocycles. The van der Waals surface area contributed by atoms with Crippen molar-refractivity contribution in [1.29, 1.82) is 0 Å². The quantitative estimate of drug-likeness (QED) is 0.641. The molecule has 0 bridgehead atoms. The lowest BCUT2D eigenvalue weighted by Crippen LogP contribution is -2.30. The molecule has 144 valence electrons. The summed E-state index contributed by atoms with van der Waals surface area (Å²) in [5.74, 6) is 1.91. The fraction of sp³-hybridized carbons (Fsp3) is 0.182. The van der Waals surface area contributed by atoms with Gasteiger partial charge in [-0.15, -0.1) is 0 Å². The molecule has 28 heavy (non-hydrogen) atoms. The van der Waals surface area contributed by atoms with E-state index < -0.39 is 6.04 Å². The molecule has 1 heterocycles. The molecule has 6 heteroatoms. The molecule has 0 spiro atoms. The zero-order chi connectivity index (χ0) is 19.9. The van der Waals surface area contributed by atoms with Crippen molar-refractivity contribution in [1.82, 2.24) is 14.9 Å². The molecule has 0 radical (unpaired) electrons. The van der Waals surface area contributed by atoms with Crippen molar-refractivity contribution in [2.45, 2.75) is 6.04 Å². The third-order valence-corrected chi connectivity index (χ3v) is 4.37. The van der Waals surface area contributed by atoms with E-state index in [1.165, 1.54) is 6.08 Å². The van der Waals surface area contributed by atoms with Crippen molar-refractivity contribution in [3.8, 4) is 11.5 Å². The Bertz CT molecular complexity index is 978. The lowest BCUT2D eigenvalue weighted by Gasteiger charge is -2.20. The molecular weight excluding hydrogens is 354 g/mol. The average molecular weight is 377 g/mol. The van der Waals surface area contributed by atoms with Gasteiger partial charge < -0.3 is 19.4 Å². The molecule has 1 unspecified atom stereocenters. The zero-order valence-corrected chi connectivity index (χ0v) is 16.1. The van der Waals surface area contributed by atoms with Gasteiger partial charge in [0.25, 0.3) is 0 Å². The van der Waals surface area contributed by atoms with Crippen LogP contribution in [-0.4, -0.2) is 29.7 Å². The highest BCUT2D eigenvalue weighted by atomic mass is 16.5. The average Bonchev–Trinajstić information content (AvgIpc) is 3.16. The summed E-state index contributed by atoms with van der Waals surface area (Å²) < 4.78 is 12.6. The van der Waals surface area contributed by atoms with Crippen LogP contribution in [0.15, 0.2) is 67.0 Å². The van der Waals surface area contributed by atoms with E-state index in [4.69, 9.17) is 9.47 Å². The monoisotopic (exact) mass is 377 g/mol. The van der Waals surface area contributed by atoms with Gasteiger partial charge in [0.05, 0.1) is 14.2 Å². The van der Waals surface area contributed by atoms with Crippen molar-refractivity contribution < 1.29 is 14.3 Å². The summed E-state index contributed by atoms with van der Waals surface area (Å²) in [5.41, 5.74) is 1.71. The van der Waals surface area contributed by atoms with E-state index in [9.17, 15) is 4.79 Å². The van der Waals surface area contributed by atoms with Gasteiger partial charge in [0.15, 0.2) is 0 Å². The van der Waals surface area contributed by atoms with Gasteiger partial charge in [-0.2, -0.15) is 0 Å². The van der Waals surface area contributed by atoms with Crippen molar-refractivity contribution in [3.05, 3.63) is 84.0 Å². The van der Waals surface area contributed by atoms with E-state index >= 15 is 0 Å². The minimum atomic E-state index is -0.446. The molecule has 3 rings (SSSR count). The number of rotatable bonds is 7. The Morgan fingerprint density at radius 3 is 2.68 bits per heavy atom. The fourth-order valence-electron chi connectivity index (χ4n) is 2.95. The number of nitrogens with zero attached hydrogens (tertiary/aromatic N) is 2. The first kappa shape index (κ1) is 19.2. The number of nitrogens with one attached hydrogen (secondary N) is 1. The summed E-state index contributed by atoms with van der Waals surface area (Å²) in [6.07, 6.45) is 6.79. The highest BCUT2D eigenvalue weighted by Gasteiger charge is 2.23. The molecule has 0 aliphatic rings. The van der Waals surface area contributed by atoms with Gasteiger partial charge in [-0.25, -0.2) is 4.98 Å². The first-order valence-electron chi connectivity index (χ1n) is 8.85. The van der Waals surface area contributed by atoms with Crippen molar-refractivity contribution in [3.63, 3.8) is 0 Å². The summed E-state index contributed by atoms with van der Waals surface area (Å²) in [5, 5.41) is 3.03. The molecule has 1 N–H and O–H groups in total. The highest BCUT2D eigenvalue weighted by Crippen LogP contribution is 2.29. The number of aryl methyl sites for hydroxylation is 1. The lowest BCUT2D eigenvalue weighted by atomic mass is 10.0. The zero-order valence-electron chi connectivity index (χ0n) is 16.1. The Labute approximate surface area is 164 Å². The molecule has 2 aromatic carbocycles. The number of aromatic nitrogens is 2. The topological polar surface area (TPSA) is 65.4 Å². The minimum Gasteiger partial charge on any atom is -0.497 e. The Morgan fingerprint density at radius 1 is 1.14 bits per heavy atom. The lowest BCUT2D eigenvalue weighted by molar-refractivity contribution is -0.117. The van der Waals surface area contributed by atoms with E-state index in [0.29, 0.717) is 11.6 Å². The van der Waals surface area contributed by atoms with E-state index in [-0.39, 0.29) is 5.91 Å². The van der Waals surface area contributed by atoms with Crippen LogP contribution in [0.25, 0.3) is 6.08 Å². The maximum absolute atomic E-state index is 12.7. The fourth-order valence-corrected chi connectivity index (χ4v) is 2.95. The van der Waals surface area contributed by atoms with Crippen molar-refractivity contribution in [2.24, 2.45) is 7.05 Å². The second kappa shape index (κ2) is 8.90. The van der Waals surface area contributed by atoms with Gasteiger partial charge in [-0.3, -0.25) is 4.79 Å². The number of para-hydroxylation sites is 1. The van der Waals surface area contributed by atoms with Crippen LogP contribution in [0.1, 0.15) is 23.0 Å². The SMILES string of the molecule is COc1cccc(/C=C/C(=O)NC(c2ccccc2OC)c2nccn2C)c1. The number of carbonyl (C=O) groups is 1. The van der Waals surface area contributed by atoms with Crippen LogP contribution in [0.4, 0.5) is 0 Å². The third kappa shape index (κ3) is 4.40. The summed E-state index contributed by atoms with van der Waals surface area (Å²) in [7, 11) is 5.11. The summed E-state index contributed by atoms with van der Waals surface area (Å²) in [4.78, 5) is 17.1. The first-order chi connectivity index (χ1) is 13.6. The van der Waals surface area contributed by atoms with Crippen molar-refractivity contribution in [2.75, 3.05) is 14.2 Å². The molecule has 0 saturated carbocycles. The number of hydrogen-bond acceptors (Lipinski definition) is 4. The van der Waals surface area contributed by atoms with Crippen LogP contribution in [0.3, 0.4) is 0 Å². The molecule has 1 amide bonds. The summed E-state index contributed by atoms with van der Waals surface area (Å²) in [6.45, 7) is 0. The molecular formula is C22H23N3O3. The van der Waals surface area contributed by atoms with E-state index in [0.717, 1.165) is 16.9 Å². The van der Waals surface area contributed by atoms with Gasteiger partial charge >= 0.3 is 0 Å². The van der Waals surface area contributed by atoms with Crippen LogP contribution >= 0.6 is 0 Å². The maximum atomic E-state index is 12.7. The smallest absolute Gasteiger partial charge is 0.244 e. The Balaban J connectivity index is 1.86. The van der Waals surface area contributed by atoms with E-state index in [1.807, 2.05) is 66.3 Å². The van der Waals surface area contributed by atoms with Crippen LogP contribution in [0.5, 0.6) is 11.5 Å². The molecule has 0 aliphatic heterocycles. The minimum absolute atomic E-state index is 0.235. The molecule has 6 nitrogen and oxygen atoms in total. The standard InChI is InChI=1S/C22H23N3O3/c1-25-14-13-23-22(25)21(18-9-4-5-10-19(18)28-3)24-20(26)12-11-16-7-6-8-17(15-16)27-2/h4-15,21H,1-3H3,(H,24,26)/b12-11+. The third-order valence-electron chi connectivity index (χ3n) is 4.37. The normalized spacial score (nSPS) is 12.0.